The zero-order valence-electron chi connectivity index (χ0n) is 15.7. The normalized spacial score (nSPS) is 18.0. The van der Waals surface area contributed by atoms with Crippen LogP contribution in [-0.4, -0.2) is 41.7 Å². The molecule has 1 N–H and O–H groups in total. The summed E-state index contributed by atoms with van der Waals surface area (Å²) >= 11 is 0. The number of aryl methyl sites for hydroxylation is 2. The van der Waals surface area contributed by atoms with Gasteiger partial charge >= 0.3 is 0 Å². The van der Waals surface area contributed by atoms with Crippen LogP contribution in [-0.2, 0) is 21.9 Å². The number of nitrogens with one attached hydrogen (secondary N) is 1. The number of fused-ring (bicyclic) bond motifs is 1. The molecule has 3 heterocycles. The van der Waals surface area contributed by atoms with Crippen LogP contribution in [0, 0.1) is 6.92 Å². The lowest BCUT2D eigenvalue weighted by molar-refractivity contribution is -0.121. The first-order valence-corrected chi connectivity index (χ1v) is 10.5. The highest BCUT2D eigenvalue weighted by Gasteiger charge is 2.34. The van der Waals surface area contributed by atoms with Crippen molar-refractivity contribution in [2.24, 2.45) is 7.05 Å². The van der Waals surface area contributed by atoms with Gasteiger partial charge in [-0.2, -0.15) is 9.82 Å². The first kappa shape index (κ1) is 18.6. The smallest absolute Gasteiger partial charge is 0.246 e. The maximum Gasteiger partial charge on any atom is 0.246 e. The molecule has 0 unspecified atom stereocenters. The van der Waals surface area contributed by atoms with Gasteiger partial charge in [0.15, 0.2) is 0 Å². The molecule has 0 radical (unpaired) electrons. The molecule has 1 saturated heterocycles. The second-order valence-electron chi connectivity index (χ2n) is 6.90. The monoisotopic (exact) mass is 399 g/mol. The van der Waals surface area contributed by atoms with Crippen LogP contribution < -0.4 is 9.62 Å². The lowest BCUT2D eigenvalue weighted by Crippen LogP contribution is -2.52. The van der Waals surface area contributed by atoms with E-state index in [0.717, 1.165) is 5.56 Å². The van der Waals surface area contributed by atoms with Gasteiger partial charge in [0.1, 0.15) is 11.9 Å². The summed E-state index contributed by atoms with van der Waals surface area (Å²) in [6.45, 7) is 2.42. The minimum absolute atomic E-state index is 0.131. The van der Waals surface area contributed by atoms with Crippen molar-refractivity contribution in [3.63, 3.8) is 0 Å². The summed E-state index contributed by atoms with van der Waals surface area (Å²) in [6.07, 6.45) is 4.40. The van der Waals surface area contributed by atoms with E-state index < -0.39 is 16.1 Å². The van der Waals surface area contributed by atoms with Crippen molar-refractivity contribution >= 4 is 32.7 Å². The van der Waals surface area contributed by atoms with E-state index in [-0.39, 0.29) is 10.8 Å². The van der Waals surface area contributed by atoms with Gasteiger partial charge < -0.3 is 0 Å². The zero-order valence-corrected chi connectivity index (χ0v) is 16.5. The van der Waals surface area contributed by atoms with Crippen molar-refractivity contribution < 1.29 is 13.2 Å². The molecule has 28 heavy (non-hydrogen) atoms. The van der Waals surface area contributed by atoms with Gasteiger partial charge in [-0.15, -0.1) is 0 Å². The lowest BCUT2D eigenvalue weighted by Gasteiger charge is -2.32. The Morgan fingerprint density at radius 1 is 1.18 bits per heavy atom. The van der Waals surface area contributed by atoms with Crippen molar-refractivity contribution in [3.8, 4) is 0 Å². The Balaban J connectivity index is 1.66. The number of amides is 1. The standard InChI is InChI=1S/C19H21N5O3S/c1-13-7-8-16(14-5-3-10-20-18(13)14)28(26,27)22-15-6-4-12-24(19(15)25)17-9-11-21-23(17)2/h3,5,7-11,15,22H,4,6,12H2,1-2H3/t15-/m0/s1. The minimum Gasteiger partial charge on any atom is -0.296 e. The maximum absolute atomic E-state index is 13.1. The lowest BCUT2D eigenvalue weighted by atomic mass is 10.1. The fraction of sp³-hybridized carbons (Fsp3) is 0.316. The average Bonchev–Trinajstić information content (AvgIpc) is 3.09. The summed E-state index contributed by atoms with van der Waals surface area (Å²) in [7, 11) is -2.15. The highest BCUT2D eigenvalue weighted by molar-refractivity contribution is 7.89. The first-order chi connectivity index (χ1) is 13.4. The Morgan fingerprint density at radius 2 is 2.00 bits per heavy atom. The van der Waals surface area contributed by atoms with Crippen LogP contribution in [0.5, 0.6) is 0 Å². The molecule has 4 rings (SSSR count). The van der Waals surface area contributed by atoms with Gasteiger partial charge in [0.05, 0.1) is 16.6 Å². The fourth-order valence-corrected chi connectivity index (χ4v) is 5.04. The van der Waals surface area contributed by atoms with Crippen LogP contribution in [0.15, 0.2) is 47.6 Å². The number of hydrogen-bond donors (Lipinski definition) is 1. The Labute approximate surface area is 163 Å². The summed E-state index contributed by atoms with van der Waals surface area (Å²) < 4.78 is 30.4. The first-order valence-electron chi connectivity index (χ1n) is 9.04. The highest BCUT2D eigenvalue weighted by Crippen LogP contribution is 2.26. The van der Waals surface area contributed by atoms with E-state index in [0.29, 0.717) is 36.1 Å². The molecule has 1 fully saturated rings. The van der Waals surface area contributed by atoms with Gasteiger partial charge in [0, 0.05) is 31.2 Å². The number of piperidine rings is 1. The Hall–Kier alpha value is -2.78. The average molecular weight is 399 g/mol. The van der Waals surface area contributed by atoms with Gasteiger partial charge in [0.2, 0.25) is 15.9 Å². The molecule has 8 nitrogen and oxygen atoms in total. The number of hydrogen-bond acceptors (Lipinski definition) is 5. The molecule has 1 atom stereocenters. The van der Waals surface area contributed by atoms with E-state index in [1.165, 1.54) is 0 Å². The van der Waals surface area contributed by atoms with Crippen LogP contribution in [0.3, 0.4) is 0 Å². The molecule has 3 aromatic rings. The summed E-state index contributed by atoms with van der Waals surface area (Å²) in [6, 6.07) is 7.66. The summed E-state index contributed by atoms with van der Waals surface area (Å²) in [4.78, 5) is 19.0. The third-order valence-corrected chi connectivity index (χ3v) is 6.56. The molecule has 0 saturated carbocycles. The van der Waals surface area contributed by atoms with Gasteiger partial charge in [-0.25, -0.2) is 8.42 Å². The Kier molecular flexibility index (Phi) is 4.64. The Bertz CT molecular complexity index is 1160. The van der Waals surface area contributed by atoms with E-state index in [1.807, 2.05) is 6.92 Å². The molecule has 0 aliphatic carbocycles. The topological polar surface area (TPSA) is 97.2 Å². The van der Waals surface area contributed by atoms with Gasteiger partial charge in [-0.3, -0.25) is 19.4 Å². The number of aromatic nitrogens is 3. The van der Waals surface area contributed by atoms with Crippen molar-refractivity contribution in [2.75, 3.05) is 11.4 Å². The molecular weight excluding hydrogens is 378 g/mol. The van der Waals surface area contributed by atoms with Gasteiger partial charge in [-0.1, -0.05) is 6.07 Å². The maximum atomic E-state index is 13.1. The van der Waals surface area contributed by atoms with Crippen LogP contribution in [0.25, 0.3) is 10.9 Å². The number of nitrogens with zero attached hydrogens (tertiary/aromatic N) is 4. The quantitative estimate of drug-likeness (QED) is 0.721. The summed E-state index contributed by atoms with van der Waals surface area (Å²) in [5.41, 5.74) is 1.53. The van der Waals surface area contributed by atoms with Crippen LogP contribution in [0.2, 0.25) is 0 Å². The van der Waals surface area contributed by atoms with E-state index in [4.69, 9.17) is 0 Å². The molecule has 1 aliphatic rings. The predicted molar refractivity (Wildman–Crippen MR) is 105 cm³/mol. The molecule has 146 valence electrons. The molecule has 9 heteroatoms. The molecular formula is C19H21N5O3S. The SMILES string of the molecule is Cc1ccc(S(=O)(=O)N[C@H]2CCCN(c3ccnn3C)C2=O)c2cccnc12. The second kappa shape index (κ2) is 6.99. The summed E-state index contributed by atoms with van der Waals surface area (Å²) in [5, 5.41) is 4.64. The number of rotatable bonds is 4. The van der Waals surface area contributed by atoms with Gasteiger partial charge in [0.25, 0.3) is 0 Å². The van der Waals surface area contributed by atoms with Crippen LogP contribution >= 0.6 is 0 Å². The minimum atomic E-state index is -3.90. The molecule has 1 aliphatic heterocycles. The predicted octanol–water partition coefficient (Wildman–Crippen LogP) is 1.75. The van der Waals surface area contributed by atoms with E-state index >= 15 is 0 Å². The van der Waals surface area contributed by atoms with Crippen LogP contribution in [0.4, 0.5) is 5.82 Å². The molecule has 1 amide bonds. The number of carbonyl (C=O) groups excluding carboxylic acids is 1. The molecule has 1 aromatic carbocycles. The van der Waals surface area contributed by atoms with E-state index in [1.54, 1.807) is 59.4 Å². The van der Waals surface area contributed by atoms with E-state index in [2.05, 4.69) is 14.8 Å². The summed E-state index contributed by atoms with van der Waals surface area (Å²) in [5.74, 6) is 0.381. The third-order valence-electron chi connectivity index (χ3n) is 5.03. The number of benzene rings is 1. The Morgan fingerprint density at radius 3 is 2.75 bits per heavy atom. The van der Waals surface area contributed by atoms with Crippen molar-refractivity contribution in [1.29, 1.82) is 0 Å². The fourth-order valence-electron chi connectivity index (χ4n) is 3.62. The number of anilines is 1. The number of carbonyl (C=O) groups is 1. The zero-order chi connectivity index (χ0) is 19.9. The van der Waals surface area contributed by atoms with Crippen molar-refractivity contribution in [1.82, 2.24) is 19.5 Å². The van der Waals surface area contributed by atoms with E-state index in [9.17, 15) is 13.2 Å². The number of pyridine rings is 1. The van der Waals surface area contributed by atoms with Crippen LogP contribution in [0.1, 0.15) is 18.4 Å². The van der Waals surface area contributed by atoms with Gasteiger partial charge in [-0.05, 0) is 43.5 Å². The highest BCUT2D eigenvalue weighted by atomic mass is 32.2. The number of sulfonamides is 1. The third kappa shape index (κ3) is 3.16. The molecule has 0 bridgehead atoms. The van der Waals surface area contributed by atoms with Crippen molar-refractivity contribution in [3.05, 3.63) is 48.3 Å². The largest absolute Gasteiger partial charge is 0.296 e. The molecule has 0 spiro atoms. The molecule has 2 aromatic heterocycles. The second-order valence-corrected chi connectivity index (χ2v) is 8.58. The van der Waals surface area contributed by atoms with Crippen molar-refractivity contribution in [2.45, 2.75) is 30.7 Å².